The molecule has 0 amide bonds. The minimum Gasteiger partial charge on any atom is -0.478 e. The van der Waals surface area contributed by atoms with Crippen LogP contribution >= 0.6 is 11.6 Å². The molecule has 5 nitrogen and oxygen atoms in total. The Balaban J connectivity index is 2.05. The van der Waals surface area contributed by atoms with Gasteiger partial charge in [-0.3, -0.25) is 4.72 Å². The van der Waals surface area contributed by atoms with Gasteiger partial charge in [0, 0.05) is 5.69 Å². The van der Waals surface area contributed by atoms with Crippen LogP contribution in [0.3, 0.4) is 0 Å². The quantitative estimate of drug-likeness (QED) is 0.866. The van der Waals surface area contributed by atoms with Crippen molar-refractivity contribution in [3.63, 3.8) is 0 Å². The van der Waals surface area contributed by atoms with E-state index in [1.54, 1.807) is 0 Å². The SMILES string of the molecule is O=C(O)c1ccc(NS(=O)(=O)CC2CCCCC2)cc1Cl. The molecule has 0 radical (unpaired) electrons. The van der Waals surface area contributed by atoms with Gasteiger partial charge >= 0.3 is 5.97 Å². The summed E-state index contributed by atoms with van der Waals surface area (Å²) in [7, 11) is -3.44. The average molecular weight is 332 g/mol. The van der Waals surface area contributed by atoms with E-state index in [0.29, 0.717) is 5.69 Å². The third-order valence-electron chi connectivity index (χ3n) is 3.65. The summed E-state index contributed by atoms with van der Waals surface area (Å²) < 4.78 is 26.7. The van der Waals surface area contributed by atoms with E-state index in [9.17, 15) is 13.2 Å². The van der Waals surface area contributed by atoms with Crippen molar-refractivity contribution in [1.29, 1.82) is 0 Å². The van der Waals surface area contributed by atoms with E-state index in [4.69, 9.17) is 16.7 Å². The van der Waals surface area contributed by atoms with E-state index >= 15 is 0 Å². The molecule has 1 fully saturated rings. The largest absolute Gasteiger partial charge is 0.478 e. The Labute approximate surface area is 129 Å². The lowest BCUT2D eigenvalue weighted by Gasteiger charge is -2.21. The average Bonchev–Trinajstić information content (AvgIpc) is 2.38. The lowest BCUT2D eigenvalue weighted by molar-refractivity contribution is 0.0697. The zero-order chi connectivity index (χ0) is 15.5. The van der Waals surface area contributed by atoms with Crippen LogP contribution in [0.5, 0.6) is 0 Å². The van der Waals surface area contributed by atoms with Gasteiger partial charge in [0.1, 0.15) is 0 Å². The van der Waals surface area contributed by atoms with E-state index in [-0.39, 0.29) is 22.3 Å². The lowest BCUT2D eigenvalue weighted by Crippen LogP contribution is -2.24. The van der Waals surface area contributed by atoms with Gasteiger partial charge in [-0.2, -0.15) is 0 Å². The number of benzene rings is 1. The fourth-order valence-corrected chi connectivity index (χ4v) is 4.42. The Hall–Kier alpha value is -1.27. The second-order valence-corrected chi connectivity index (χ2v) is 7.56. The number of hydrogen-bond acceptors (Lipinski definition) is 3. The summed E-state index contributed by atoms with van der Waals surface area (Å²) in [5, 5.41) is 8.90. The summed E-state index contributed by atoms with van der Waals surface area (Å²) >= 11 is 5.83. The Morgan fingerprint density at radius 1 is 1.29 bits per heavy atom. The van der Waals surface area contributed by atoms with Crippen LogP contribution in [-0.2, 0) is 10.0 Å². The minimum atomic E-state index is -3.44. The predicted octanol–water partition coefficient (Wildman–Crippen LogP) is 3.36. The third kappa shape index (κ3) is 4.61. The molecule has 1 aromatic carbocycles. The fourth-order valence-electron chi connectivity index (χ4n) is 2.64. The number of carboxylic acid groups (broad SMARTS) is 1. The summed E-state index contributed by atoms with van der Waals surface area (Å²) in [4.78, 5) is 10.9. The highest BCUT2D eigenvalue weighted by molar-refractivity contribution is 7.92. The van der Waals surface area contributed by atoms with Gasteiger partial charge in [0.2, 0.25) is 10.0 Å². The van der Waals surface area contributed by atoms with Gasteiger partial charge in [-0.15, -0.1) is 0 Å². The van der Waals surface area contributed by atoms with E-state index in [2.05, 4.69) is 4.72 Å². The van der Waals surface area contributed by atoms with Crippen LogP contribution in [-0.4, -0.2) is 25.2 Å². The number of rotatable bonds is 5. The van der Waals surface area contributed by atoms with Gasteiger partial charge in [-0.05, 0) is 37.0 Å². The van der Waals surface area contributed by atoms with Gasteiger partial charge in [0.05, 0.1) is 16.3 Å². The summed E-state index contributed by atoms with van der Waals surface area (Å²) in [6, 6.07) is 4.03. The number of aromatic carboxylic acids is 1. The summed E-state index contributed by atoms with van der Waals surface area (Å²) in [6.07, 6.45) is 5.23. The van der Waals surface area contributed by atoms with Crippen molar-refractivity contribution >= 4 is 33.3 Å². The first-order valence-electron chi connectivity index (χ1n) is 6.91. The smallest absolute Gasteiger partial charge is 0.337 e. The molecule has 1 aromatic rings. The molecule has 7 heteroatoms. The van der Waals surface area contributed by atoms with Crippen LogP contribution < -0.4 is 4.72 Å². The number of nitrogens with one attached hydrogen (secondary N) is 1. The molecule has 0 bridgehead atoms. The van der Waals surface area contributed by atoms with Crippen molar-refractivity contribution in [2.24, 2.45) is 5.92 Å². The van der Waals surface area contributed by atoms with Crippen molar-refractivity contribution in [3.05, 3.63) is 28.8 Å². The molecule has 1 saturated carbocycles. The minimum absolute atomic E-state index is 0.0142. The number of anilines is 1. The fraction of sp³-hybridized carbons (Fsp3) is 0.500. The van der Waals surface area contributed by atoms with Crippen LogP contribution in [0.15, 0.2) is 18.2 Å². The molecule has 0 aliphatic heterocycles. The summed E-state index contributed by atoms with van der Waals surface area (Å²) in [5.74, 6) is -0.840. The van der Waals surface area contributed by atoms with Crippen molar-refractivity contribution in [2.45, 2.75) is 32.1 Å². The highest BCUT2D eigenvalue weighted by Crippen LogP contribution is 2.26. The normalized spacial score (nSPS) is 16.6. The van der Waals surface area contributed by atoms with E-state index < -0.39 is 16.0 Å². The van der Waals surface area contributed by atoms with Gasteiger partial charge < -0.3 is 5.11 Å². The number of sulfonamides is 1. The maximum atomic E-state index is 12.1. The first kappa shape index (κ1) is 16.1. The molecule has 1 aliphatic rings. The predicted molar refractivity (Wildman–Crippen MR) is 82.4 cm³/mol. The maximum Gasteiger partial charge on any atom is 0.337 e. The molecule has 2 rings (SSSR count). The van der Waals surface area contributed by atoms with Gasteiger partial charge in [-0.1, -0.05) is 30.9 Å². The topological polar surface area (TPSA) is 83.5 Å². The maximum absolute atomic E-state index is 12.1. The standard InChI is InChI=1S/C14H18ClNO4S/c15-13-8-11(6-7-12(13)14(17)18)16-21(19,20)9-10-4-2-1-3-5-10/h6-8,10,16H,1-5,9H2,(H,17,18). The molecule has 0 saturated heterocycles. The van der Waals surface area contributed by atoms with Crippen LogP contribution in [0.2, 0.25) is 5.02 Å². The molecule has 21 heavy (non-hydrogen) atoms. The van der Waals surface area contributed by atoms with Crippen LogP contribution in [0.4, 0.5) is 5.69 Å². The highest BCUT2D eigenvalue weighted by atomic mass is 35.5. The molecule has 0 spiro atoms. The van der Waals surface area contributed by atoms with Crippen molar-refractivity contribution in [2.75, 3.05) is 10.5 Å². The molecule has 0 unspecified atom stereocenters. The molecule has 0 aromatic heterocycles. The van der Waals surface area contributed by atoms with E-state index in [1.165, 1.54) is 24.6 Å². The Kier molecular flexibility index (Phi) is 5.11. The van der Waals surface area contributed by atoms with E-state index in [0.717, 1.165) is 25.7 Å². The van der Waals surface area contributed by atoms with Crippen LogP contribution in [0, 0.1) is 5.92 Å². The van der Waals surface area contributed by atoms with Crippen molar-refractivity contribution < 1.29 is 18.3 Å². The number of carbonyl (C=O) groups is 1. The highest BCUT2D eigenvalue weighted by Gasteiger charge is 2.21. The second kappa shape index (κ2) is 6.66. The van der Waals surface area contributed by atoms with Crippen molar-refractivity contribution in [3.8, 4) is 0 Å². The van der Waals surface area contributed by atoms with Crippen LogP contribution in [0.1, 0.15) is 42.5 Å². The molecule has 1 aliphatic carbocycles. The Morgan fingerprint density at radius 2 is 1.95 bits per heavy atom. The molecular formula is C14H18ClNO4S. The molecule has 0 atom stereocenters. The number of halogens is 1. The monoisotopic (exact) mass is 331 g/mol. The van der Waals surface area contributed by atoms with E-state index in [1.807, 2.05) is 0 Å². The van der Waals surface area contributed by atoms with Crippen LogP contribution in [0.25, 0.3) is 0 Å². The second-order valence-electron chi connectivity index (χ2n) is 5.39. The van der Waals surface area contributed by atoms with Gasteiger partial charge in [-0.25, -0.2) is 13.2 Å². The Bertz CT molecular complexity index is 624. The first-order valence-corrected chi connectivity index (χ1v) is 8.94. The first-order chi connectivity index (χ1) is 9.87. The number of hydrogen-bond donors (Lipinski definition) is 2. The summed E-state index contributed by atoms with van der Waals surface area (Å²) in [6.45, 7) is 0. The molecular weight excluding hydrogens is 314 g/mol. The summed E-state index contributed by atoms with van der Waals surface area (Å²) in [5.41, 5.74) is 0.243. The third-order valence-corrected chi connectivity index (χ3v) is 5.42. The zero-order valence-corrected chi connectivity index (χ0v) is 13.1. The van der Waals surface area contributed by atoms with Crippen molar-refractivity contribution in [1.82, 2.24) is 0 Å². The molecule has 0 heterocycles. The lowest BCUT2D eigenvalue weighted by atomic mass is 9.91. The molecule has 116 valence electrons. The van der Waals surface area contributed by atoms with Gasteiger partial charge in [0.15, 0.2) is 0 Å². The zero-order valence-electron chi connectivity index (χ0n) is 11.5. The molecule has 2 N–H and O–H groups in total. The Morgan fingerprint density at radius 3 is 2.52 bits per heavy atom. The number of carboxylic acids is 1. The van der Waals surface area contributed by atoms with Gasteiger partial charge in [0.25, 0.3) is 0 Å².